The Labute approximate surface area is 145 Å². The van der Waals surface area contributed by atoms with Crippen LogP contribution >= 0.6 is 0 Å². The Morgan fingerprint density at radius 3 is 2.72 bits per heavy atom. The molecule has 2 heterocycles. The molecule has 3 rings (SSSR count). The van der Waals surface area contributed by atoms with Crippen LogP contribution in [0.1, 0.15) is 24.6 Å². The molecule has 1 saturated heterocycles. The molecule has 2 aromatic rings. The van der Waals surface area contributed by atoms with Crippen LogP contribution in [-0.2, 0) is 11.3 Å². The molecule has 0 radical (unpaired) electrons. The highest BCUT2D eigenvalue weighted by atomic mass is 16.6. The van der Waals surface area contributed by atoms with Crippen molar-refractivity contribution in [3.8, 4) is 0 Å². The molecule has 1 aromatic heterocycles. The minimum atomic E-state index is -0.497. The van der Waals surface area contributed by atoms with Crippen molar-refractivity contribution in [1.82, 2.24) is 14.5 Å². The summed E-state index contributed by atoms with van der Waals surface area (Å²) in [6.07, 6.45) is 1.88. The van der Waals surface area contributed by atoms with Gasteiger partial charge in [0.25, 0.3) is 11.2 Å². The normalized spacial score (nSPS) is 16.4. The van der Waals surface area contributed by atoms with Gasteiger partial charge in [0.15, 0.2) is 0 Å². The van der Waals surface area contributed by atoms with Crippen molar-refractivity contribution in [2.24, 2.45) is 0 Å². The molecule has 0 spiro atoms. The van der Waals surface area contributed by atoms with Crippen molar-refractivity contribution in [1.29, 1.82) is 0 Å². The van der Waals surface area contributed by atoms with E-state index in [-0.39, 0.29) is 22.6 Å². The molecule has 0 saturated carbocycles. The molecule has 134 valence electrons. The summed E-state index contributed by atoms with van der Waals surface area (Å²) in [5, 5.41) is 11.3. The fourth-order valence-corrected chi connectivity index (χ4v) is 3.32. The number of hydrogen-bond acceptors (Lipinski definition) is 6. The standard InChI is InChI=1S/C17H22N4O4/c1-19-7-5-12(6-8-19)16-18-15-4-3-13(21(23)24)11-14(15)17(22)20(16)9-10-25-2/h3-4,11-12H,5-10H2,1-2H3. The predicted octanol–water partition coefficient (Wildman–Crippen LogP) is 1.76. The minimum Gasteiger partial charge on any atom is -0.383 e. The van der Waals surface area contributed by atoms with Crippen LogP contribution < -0.4 is 5.56 Å². The molecule has 1 fully saturated rings. The lowest BCUT2D eigenvalue weighted by atomic mass is 9.95. The van der Waals surface area contributed by atoms with Gasteiger partial charge in [-0.1, -0.05) is 0 Å². The van der Waals surface area contributed by atoms with Gasteiger partial charge in [-0.3, -0.25) is 19.5 Å². The van der Waals surface area contributed by atoms with Gasteiger partial charge in [0.05, 0.1) is 29.0 Å². The molecular formula is C17H22N4O4. The van der Waals surface area contributed by atoms with Crippen LogP contribution in [0.25, 0.3) is 10.9 Å². The van der Waals surface area contributed by atoms with Crippen molar-refractivity contribution in [2.75, 3.05) is 33.9 Å². The summed E-state index contributed by atoms with van der Waals surface area (Å²) < 4.78 is 6.76. The zero-order valence-corrected chi connectivity index (χ0v) is 14.5. The predicted molar refractivity (Wildman–Crippen MR) is 94.0 cm³/mol. The number of ether oxygens (including phenoxy) is 1. The minimum absolute atomic E-state index is 0.100. The van der Waals surface area contributed by atoms with E-state index in [0.717, 1.165) is 31.8 Å². The van der Waals surface area contributed by atoms with Gasteiger partial charge in [-0.15, -0.1) is 0 Å². The van der Waals surface area contributed by atoms with Crippen molar-refractivity contribution < 1.29 is 9.66 Å². The second-order valence-corrected chi connectivity index (χ2v) is 6.46. The number of nitrogens with zero attached hydrogens (tertiary/aromatic N) is 4. The van der Waals surface area contributed by atoms with Crippen LogP contribution in [-0.4, -0.2) is 53.2 Å². The van der Waals surface area contributed by atoms with E-state index in [1.165, 1.54) is 12.1 Å². The van der Waals surface area contributed by atoms with Crippen LogP contribution in [0.2, 0.25) is 0 Å². The van der Waals surface area contributed by atoms with E-state index in [0.29, 0.717) is 18.7 Å². The van der Waals surface area contributed by atoms with E-state index in [1.54, 1.807) is 17.7 Å². The van der Waals surface area contributed by atoms with Crippen LogP contribution in [0.3, 0.4) is 0 Å². The lowest BCUT2D eigenvalue weighted by Gasteiger charge is -2.30. The van der Waals surface area contributed by atoms with Gasteiger partial charge in [0.2, 0.25) is 0 Å². The molecule has 0 aliphatic carbocycles. The van der Waals surface area contributed by atoms with E-state index in [2.05, 4.69) is 11.9 Å². The number of methoxy groups -OCH3 is 1. The second kappa shape index (κ2) is 7.28. The fraction of sp³-hybridized carbons (Fsp3) is 0.529. The number of hydrogen-bond donors (Lipinski definition) is 0. The molecule has 1 aromatic carbocycles. The summed E-state index contributed by atoms with van der Waals surface area (Å²) in [6, 6.07) is 4.27. The highest BCUT2D eigenvalue weighted by Crippen LogP contribution is 2.27. The first-order valence-electron chi connectivity index (χ1n) is 8.37. The molecule has 0 unspecified atom stereocenters. The fourth-order valence-electron chi connectivity index (χ4n) is 3.32. The Morgan fingerprint density at radius 1 is 1.36 bits per heavy atom. The number of fused-ring (bicyclic) bond motifs is 1. The lowest BCUT2D eigenvalue weighted by molar-refractivity contribution is -0.384. The summed E-state index contributed by atoms with van der Waals surface area (Å²) in [6.45, 7) is 2.70. The maximum Gasteiger partial charge on any atom is 0.270 e. The first-order valence-corrected chi connectivity index (χ1v) is 8.37. The van der Waals surface area contributed by atoms with Gasteiger partial charge in [-0.25, -0.2) is 4.98 Å². The van der Waals surface area contributed by atoms with Crippen LogP contribution in [0, 0.1) is 10.1 Å². The topological polar surface area (TPSA) is 90.5 Å². The lowest BCUT2D eigenvalue weighted by Crippen LogP contribution is -2.34. The van der Waals surface area contributed by atoms with Crippen molar-refractivity contribution in [2.45, 2.75) is 25.3 Å². The van der Waals surface area contributed by atoms with E-state index < -0.39 is 4.92 Å². The Kier molecular flexibility index (Phi) is 5.10. The third kappa shape index (κ3) is 3.54. The Hall–Kier alpha value is -2.32. The first kappa shape index (κ1) is 17.5. The third-order valence-corrected chi connectivity index (χ3v) is 4.78. The third-order valence-electron chi connectivity index (χ3n) is 4.78. The number of rotatable bonds is 5. The molecule has 8 heteroatoms. The second-order valence-electron chi connectivity index (χ2n) is 6.46. The Bertz CT molecular complexity index is 840. The highest BCUT2D eigenvalue weighted by molar-refractivity contribution is 5.80. The van der Waals surface area contributed by atoms with Crippen molar-refractivity contribution in [3.63, 3.8) is 0 Å². The molecule has 25 heavy (non-hydrogen) atoms. The van der Waals surface area contributed by atoms with Crippen molar-refractivity contribution >= 4 is 16.6 Å². The maximum atomic E-state index is 13.0. The number of piperidine rings is 1. The summed E-state index contributed by atoms with van der Waals surface area (Å²) in [4.78, 5) is 30.5. The number of non-ortho nitro benzene ring substituents is 1. The van der Waals surface area contributed by atoms with Gasteiger partial charge in [0, 0.05) is 25.2 Å². The summed E-state index contributed by atoms with van der Waals surface area (Å²) in [5.41, 5.74) is 0.176. The number of nitro groups is 1. The number of aromatic nitrogens is 2. The number of likely N-dealkylation sites (tertiary alicyclic amines) is 1. The molecule has 0 atom stereocenters. The molecule has 8 nitrogen and oxygen atoms in total. The monoisotopic (exact) mass is 346 g/mol. The van der Waals surface area contributed by atoms with E-state index in [1.807, 2.05) is 0 Å². The van der Waals surface area contributed by atoms with Gasteiger partial charge < -0.3 is 9.64 Å². The van der Waals surface area contributed by atoms with Crippen molar-refractivity contribution in [3.05, 3.63) is 44.5 Å². The van der Waals surface area contributed by atoms with Gasteiger partial charge in [-0.05, 0) is 39.0 Å². The summed E-state index contributed by atoms with van der Waals surface area (Å²) in [5.74, 6) is 0.969. The first-order chi connectivity index (χ1) is 12.0. The van der Waals surface area contributed by atoms with Gasteiger partial charge in [-0.2, -0.15) is 0 Å². The molecule has 0 N–H and O–H groups in total. The smallest absolute Gasteiger partial charge is 0.270 e. The molecule has 0 bridgehead atoms. The molecule has 0 amide bonds. The SMILES string of the molecule is COCCn1c(C2CCN(C)CC2)nc2ccc([N+](=O)[O-])cc2c1=O. The highest BCUT2D eigenvalue weighted by Gasteiger charge is 2.24. The van der Waals surface area contributed by atoms with E-state index in [4.69, 9.17) is 9.72 Å². The number of benzene rings is 1. The summed E-state index contributed by atoms with van der Waals surface area (Å²) in [7, 11) is 3.67. The Morgan fingerprint density at radius 2 is 2.08 bits per heavy atom. The molecule has 1 aliphatic rings. The quantitative estimate of drug-likeness (QED) is 0.605. The van der Waals surface area contributed by atoms with Crippen LogP contribution in [0.4, 0.5) is 5.69 Å². The maximum absolute atomic E-state index is 13.0. The largest absolute Gasteiger partial charge is 0.383 e. The van der Waals surface area contributed by atoms with Gasteiger partial charge >= 0.3 is 0 Å². The van der Waals surface area contributed by atoms with Crippen LogP contribution in [0.15, 0.2) is 23.0 Å². The molecule has 1 aliphatic heterocycles. The number of nitro benzene ring substituents is 1. The van der Waals surface area contributed by atoms with E-state index >= 15 is 0 Å². The van der Waals surface area contributed by atoms with E-state index in [9.17, 15) is 14.9 Å². The Balaban J connectivity index is 2.12. The average Bonchev–Trinajstić information content (AvgIpc) is 2.61. The van der Waals surface area contributed by atoms with Gasteiger partial charge in [0.1, 0.15) is 5.82 Å². The average molecular weight is 346 g/mol. The summed E-state index contributed by atoms with van der Waals surface area (Å²) >= 11 is 0. The zero-order chi connectivity index (χ0) is 18.0. The zero-order valence-electron chi connectivity index (χ0n) is 14.5. The molecular weight excluding hydrogens is 324 g/mol. The van der Waals surface area contributed by atoms with Crippen LogP contribution in [0.5, 0.6) is 0 Å².